The van der Waals surface area contributed by atoms with Crippen molar-refractivity contribution in [1.29, 1.82) is 0 Å². The Morgan fingerprint density at radius 2 is 1.76 bits per heavy atom. The van der Waals surface area contributed by atoms with Crippen molar-refractivity contribution in [2.75, 3.05) is 11.1 Å². The van der Waals surface area contributed by atoms with E-state index in [4.69, 9.17) is 4.42 Å². The van der Waals surface area contributed by atoms with Crippen molar-refractivity contribution >= 4 is 33.5 Å². The first-order chi connectivity index (χ1) is 13.8. The van der Waals surface area contributed by atoms with E-state index in [0.29, 0.717) is 12.3 Å². The van der Waals surface area contributed by atoms with E-state index in [1.807, 2.05) is 30.3 Å². The van der Waals surface area contributed by atoms with Gasteiger partial charge in [-0.1, -0.05) is 35.4 Å². The summed E-state index contributed by atoms with van der Waals surface area (Å²) < 4.78 is 29.8. The molecule has 2 aromatic carbocycles. The quantitative estimate of drug-likeness (QED) is 0.544. The molecule has 3 aromatic rings. The molecule has 0 saturated heterocycles. The molecule has 1 amide bonds. The summed E-state index contributed by atoms with van der Waals surface area (Å²) in [6.07, 6.45) is 0.337. The molecule has 29 heavy (non-hydrogen) atoms. The minimum absolute atomic E-state index is 0.0395. The van der Waals surface area contributed by atoms with Crippen LogP contribution < -0.4 is 5.32 Å². The number of hydrogen-bond acceptors (Lipinski definition) is 7. The first kappa shape index (κ1) is 21.1. The predicted molar refractivity (Wildman–Crippen MR) is 112 cm³/mol. The summed E-state index contributed by atoms with van der Waals surface area (Å²) in [4.78, 5) is 13.3. The van der Waals surface area contributed by atoms with Gasteiger partial charge in [-0.25, -0.2) is 8.42 Å². The fourth-order valence-electron chi connectivity index (χ4n) is 2.44. The lowest BCUT2D eigenvalue weighted by Crippen LogP contribution is -2.14. The van der Waals surface area contributed by atoms with Crippen LogP contribution in [0.4, 0.5) is 6.01 Å². The van der Waals surface area contributed by atoms with Crippen molar-refractivity contribution in [3.05, 3.63) is 66.1 Å². The number of sulfone groups is 1. The monoisotopic (exact) mass is 431 g/mol. The second kappa shape index (κ2) is 9.23. The molecule has 0 aliphatic rings. The molecule has 0 fully saturated rings. The van der Waals surface area contributed by atoms with Gasteiger partial charge in [-0.2, -0.15) is 0 Å². The topological polar surface area (TPSA) is 102 Å². The average Bonchev–Trinajstić information content (AvgIpc) is 3.14. The molecular weight excluding hydrogens is 410 g/mol. The molecular formula is C20H21N3O4S2. The number of carbonyl (C=O) groups excluding carboxylic acids is 1. The molecule has 0 aliphatic carbocycles. The van der Waals surface area contributed by atoms with Gasteiger partial charge in [-0.15, -0.1) is 16.9 Å². The van der Waals surface area contributed by atoms with E-state index in [2.05, 4.69) is 15.5 Å². The van der Waals surface area contributed by atoms with Crippen molar-refractivity contribution < 1.29 is 17.6 Å². The minimum atomic E-state index is -3.30. The fourth-order valence-corrected chi connectivity index (χ4v) is 4.22. The molecule has 1 aromatic heterocycles. The van der Waals surface area contributed by atoms with Crippen molar-refractivity contribution in [2.24, 2.45) is 0 Å². The first-order valence-corrected chi connectivity index (χ1v) is 11.5. The van der Waals surface area contributed by atoms with Crippen LogP contribution in [0, 0.1) is 0 Å². The number of benzene rings is 2. The van der Waals surface area contributed by atoms with E-state index in [9.17, 15) is 13.2 Å². The molecule has 1 heterocycles. The second-order valence-corrected chi connectivity index (χ2v) is 10.1. The van der Waals surface area contributed by atoms with Crippen LogP contribution in [0.15, 0.2) is 68.8 Å². The SMILES string of the molecule is CC(C)S(=O)(=O)c1ccc(Cc2nnc(NC(=O)CSc3ccccc3)o2)cc1. The summed E-state index contributed by atoms with van der Waals surface area (Å²) in [5, 5.41) is 9.86. The minimum Gasteiger partial charge on any atom is -0.407 e. The third-order valence-corrected chi connectivity index (χ3v) is 7.24. The average molecular weight is 432 g/mol. The van der Waals surface area contributed by atoms with Crippen LogP contribution in [-0.2, 0) is 21.1 Å². The molecule has 0 radical (unpaired) electrons. The maximum Gasteiger partial charge on any atom is 0.322 e. The summed E-state index contributed by atoms with van der Waals surface area (Å²) in [6.45, 7) is 3.30. The summed E-state index contributed by atoms with van der Waals surface area (Å²) >= 11 is 1.41. The van der Waals surface area contributed by atoms with Gasteiger partial charge >= 0.3 is 6.01 Å². The number of nitrogens with zero attached hydrogens (tertiary/aromatic N) is 2. The van der Waals surface area contributed by atoms with Crippen molar-refractivity contribution in [2.45, 2.75) is 35.3 Å². The molecule has 0 atom stereocenters. The molecule has 1 N–H and O–H groups in total. The van der Waals surface area contributed by atoms with Gasteiger partial charge in [-0.05, 0) is 43.7 Å². The highest BCUT2D eigenvalue weighted by molar-refractivity contribution is 8.00. The Morgan fingerprint density at radius 3 is 2.41 bits per heavy atom. The third-order valence-electron chi connectivity index (χ3n) is 4.05. The van der Waals surface area contributed by atoms with Crippen LogP contribution in [-0.4, -0.2) is 35.5 Å². The lowest BCUT2D eigenvalue weighted by molar-refractivity contribution is -0.113. The van der Waals surface area contributed by atoms with Crippen molar-refractivity contribution in [3.8, 4) is 0 Å². The van der Waals surface area contributed by atoms with Gasteiger partial charge in [0.2, 0.25) is 11.8 Å². The Kier molecular flexibility index (Phi) is 6.71. The van der Waals surface area contributed by atoms with Crippen LogP contribution in [0.3, 0.4) is 0 Å². The fraction of sp³-hybridized carbons (Fsp3) is 0.250. The van der Waals surface area contributed by atoms with Crippen LogP contribution in [0.2, 0.25) is 0 Å². The maximum absolute atomic E-state index is 12.2. The lowest BCUT2D eigenvalue weighted by Gasteiger charge is -2.08. The zero-order valence-electron chi connectivity index (χ0n) is 16.0. The van der Waals surface area contributed by atoms with Crippen LogP contribution >= 0.6 is 11.8 Å². The molecule has 0 aliphatic heterocycles. The standard InChI is InChI=1S/C20H21N3O4S2/c1-14(2)29(25,26)17-10-8-15(9-11-17)12-19-22-23-20(27-19)21-18(24)13-28-16-6-4-3-5-7-16/h3-11,14H,12-13H2,1-2H3,(H,21,23,24). The van der Waals surface area contributed by atoms with Gasteiger partial charge in [0.1, 0.15) is 0 Å². The summed E-state index contributed by atoms with van der Waals surface area (Å²) in [5.41, 5.74) is 0.828. The van der Waals surface area contributed by atoms with Gasteiger partial charge in [0.15, 0.2) is 9.84 Å². The molecule has 0 saturated carbocycles. The summed E-state index contributed by atoms with van der Waals surface area (Å²) in [7, 11) is -3.30. The van der Waals surface area contributed by atoms with Crippen molar-refractivity contribution in [3.63, 3.8) is 0 Å². The van der Waals surface area contributed by atoms with Crippen molar-refractivity contribution in [1.82, 2.24) is 10.2 Å². The predicted octanol–water partition coefficient (Wildman–Crippen LogP) is 3.57. The number of anilines is 1. The maximum atomic E-state index is 12.2. The zero-order chi connectivity index (χ0) is 20.9. The van der Waals surface area contributed by atoms with Crippen LogP contribution in [0.25, 0.3) is 0 Å². The Morgan fingerprint density at radius 1 is 1.07 bits per heavy atom. The smallest absolute Gasteiger partial charge is 0.322 e. The molecule has 3 rings (SSSR count). The number of hydrogen-bond donors (Lipinski definition) is 1. The number of aromatic nitrogens is 2. The largest absolute Gasteiger partial charge is 0.407 e. The number of rotatable bonds is 8. The van der Waals surface area contributed by atoms with Gasteiger partial charge in [0.25, 0.3) is 0 Å². The van der Waals surface area contributed by atoms with Crippen LogP contribution in [0.5, 0.6) is 0 Å². The lowest BCUT2D eigenvalue weighted by atomic mass is 10.1. The van der Waals surface area contributed by atoms with E-state index >= 15 is 0 Å². The van der Waals surface area contributed by atoms with E-state index in [1.54, 1.807) is 38.1 Å². The van der Waals surface area contributed by atoms with Gasteiger partial charge in [0.05, 0.1) is 22.3 Å². The number of amides is 1. The third kappa shape index (κ3) is 5.68. The zero-order valence-corrected chi connectivity index (χ0v) is 17.7. The van der Waals surface area contributed by atoms with E-state index in [1.165, 1.54) is 11.8 Å². The summed E-state index contributed by atoms with van der Waals surface area (Å²) in [6, 6.07) is 16.2. The Balaban J connectivity index is 1.55. The first-order valence-electron chi connectivity index (χ1n) is 8.97. The Labute approximate surface area is 173 Å². The van der Waals surface area contributed by atoms with Gasteiger partial charge < -0.3 is 4.42 Å². The molecule has 7 nitrogen and oxygen atoms in total. The van der Waals surface area contributed by atoms with Gasteiger partial charge in [-0.3, -0.25) is 10.1 Å². The molecule has 0 unspecified atom stereocenters. The molecule has 0 spiro atoms. The normalized spacial score (nSPS) is 11.6. The van der Waals surface area contributed by atoms with E-state index in [-0.39, 0.29) is 22.6 Å². The number of carbonyl (C=O) groups is 1. The van der Waals surface area contributed by atoms with Crippen LogP contribution in [0.1, 0.15) is 25.3 Å². The second-order valence-electron chi connectivity index (χ2n) is 6.57. The number of nitrogens with one attached hydrogen (secondary N) is 1. The van der Waals surface area contributed by atoms with E-state index < -0.39 is 15.1 Å². The van der Waals surface area contributed by atoms with E-state index in [0.717, 1.165) is 10.5 Å². The summed E-state index contributed by atoms with van der Waals surface area (Å²) in [5.74, 6) is 0.320. The highest BCUT2D eigenvalue weighted by Gasteiger charge is 2.19. The highest BCUT2D eigenvalue weighted by atomic mass is 32.2. The molecule has 0 bridgehead atoms. The molecule has 9 heteroatoms. The Bertz CT molecular complexity index is 1060. The molecule has 152 valence electrons. The number of thioether (sulfide) groups is 1. The van der Waals surface area contributed by atoms with Gasteiger partial charge in [0, 0.05) is 4.90 Å². The Hall–Kier alpha value is -2.65. The highest BCUT2D eigenvalue weighted by Crippen LogP contribution is 2.19.